The third-order valence-electron chi connectivity index (χ3n) is 4.65. The summed E-state index contributed by atoms with van der Waals surface area (Å²) in [4.78, 5) is 39.2. The Hall–Kier alpha value is -3.24. The molecule has 1 saturated heterocycles. The smallest absolute Gasteiger partial charge is 0.336 e. The number of anilines is 1. The van der Waals surface area contributed by atoms with E-state index in [-0.39, 0.29) is 27.8 Å². The van der Waals surface area contributed by atoms with Gasteiger partial charge in [0.25, 0.3) is 11.8 Å². The summed E-state index contributed by atoms with van der Waals surface area (Å²) in [6, 6.07) is 5.12. The number of urea groups is 1. The van der Waals surface area contributed by atoms with Crippen LogP contribution in [0.5, 0.6) is 23.0 Å². The minimum Gasteiger partial charge on any atom is -0.495 e. The summed E-state index contributed by atoms with van der Waals surface area (Å²) in [5.41, 5.74) is 0.254. The highest BCUT2D eigenvalue weighted by molar-refractivity contribution is 9.10. The maximum absolute atomic E-state index is 13.3. The number of barbiturate groups is 1. The van der Waals surface area contributed by atoms with Crippen LogP contribution >= 0.6 is 27.5 Å². The molecule has 2 aromatic rings. The van der Waals surface area contributed by atoms with Gasteiger partial charge < -0.3 is 18.9 Å². The number of amides is 4. The van der Waals surface area contributed by atoms with Gasteiger partial charge in [-0.3, -0.25) is 14.9 Å². The first kappa shape index (κ1) is 24.4. The molecule has 9 nitrogen and oxygen atoms in total. The molecule has 174 valence electrons. The first-order chi connectivity index (χ1) is 15.7. The van der Waals surface area contributed by atoms with Crippen LogP contribution in [0.2, 0.25) is 5.02 Å². The number of nitrogens with one attached hydrogen (secondary N) is 1. The van der Waals surface area contributed by atoms with E-state index < -0.39 is 17.8 Å². The lowest BCUT2D eigenvalue weighted by molar-refractivity contribution is -0.122. The topological polar surface area (TPSA) is 103 Å². The van der Waals surface area contributed by atoms with E-state index in [1.807, 2.05) is 6.92 Å². The first-order valence-electron chi connectivity index (χ1n) is 9.58. The predicted molar refractivity (Wildman–Crippen MR) is 125 cm³/mol. The van der Waals surface area contributed by atoms with Crippen molar-refractivity contribution in [2.75, 3.05) is 32.8 Å². The van der Waals surface area contributed by atoms with Crippen molar-refractivity contribution in [1.82, 2.24) is 5.32 Å². The average Bonchev–Trinajstić information content (AvgIpc) is 2.78. The van der Waals surface area contributed by atoms with Crippen molar-refractivity contribution in [2.24, 2.45) is 0 Å². The Morgan fingerprint density at radius 2 is 1.67 bits per heavy atom. The molecule has 0 radical (unpaired) electrons. The third kappa shape index (κ3) is 4.76. The highest BCUT2D eigenvalue weighted by Crippen LogP contribution is 2.40. The van der Waals surface area contributed by atoms with Crippen LogP contribution in [-0.4, -0.2) is 45.8 Å². The van der Waals surface area contributed by atoms with Crippen molar-refractivity contribution in [1.29, 1.82) is 0 Å². The van der Waals surface area contributed by atoms with Crippen molar-refractivity contribution < 1.29 is 33.3 Å². The fraction of sp³-hybridized carbons (Fsp3) is 0.227. The Balaban J connectivity index is 2.10. The number of halogens is 2. The largest absolute Gasteiger partial charge is 0.495 e. The van der Waals surface area contributed by atoms with Gasteiger partial charge >= 0.3 is 6.03 Å². The Bertz CT molecular complexity index is 1170. The molecule has 0 unspecified atom stereocenters. The molecule has 1 fully saturated rings. The Labute approximate surface area is 203 Å². The lowest BCUT2D eigenvalue weighted by Crippen LogP contribution is -2.54. The van der Waals surface area contributed by atoms with E-state index in [0.29, 0.717) is 28.1 Å². The molecule has 0 atom stereocenters. The molecule has 33 heavy (non-hydrogen) atoms. The molecule has 0 saturated carbocycles. The van der Waals surface area contributed by atoms with Gasteiger partial charge in [0.15, 0.2) is 11.5 Å². The molecular weight excluding hydrogens is 520 g/mol. The van der Waals surface area contributed by atoms with Gasteiger partial charge in [-0.25, -0.2) is 9.69 Å². The summed E-state index contributed by atoms with van der Waals surface area (Å²) in [6.07, 6.45) is 1.35. The molecule has 1 aliphatic rings. The van der Waals surface area contributed by atoms with Crippen LogP contribution < -0.4 is 29.2 Å². The second-order valence-electron chi connectivity index (χ2n) is 6.58. The molecule has 0 spiro atoms. The fourth-order valence-corrected chi connectivity index (χ4v) is 3.97. The van der Waals surface area contributed by atoms with E-state index in [1.165, 1.54) is 39.5 Å². The van der Waals surface area contributed by atoms with E-state index in [1.54, 1.807) is 12.1 Å². The first-order valence-corrected chi connectivity index (χ1v) is 10.8. The fourth-order valence-electron chi connectivity index (χ4n) is 3.17. The minimum absolute atomic E-state index is 0.0603. The van der Waals surface area contributed by atoms with Crippen molar-refractivity contribution in [2.45, 2.75) is 6.92 Å². The van der Waals surface area contributed by atoms with Gasteiger partial charge in [-0.05, 0) is 46.6 Å². The molecule has 11 heteroatoms. The van der Waals surface area contributed by atoms with Crippen LogP contribution in [-0.2, 0) is 9.59 Å². The van der Waals surface area contributed by atoms with E-state index in [4.69, 9.17) is 30.5 Å². The maximum Gasteiger partial charge on any atom is 0.336 e. The normalized spacial score (nSPS) is 14.9. The van der Waals surface area contributed by atoms with Gasteiger partial charge in [0.1, 0.15) is 17.1 Å². The van der Waals surface area contributed by atoms with Crippen molar-refractivity contribution in [3.8, 4) is 23.0 Å². The van der Waals surface area contributed by atoms with Crippen LogP contribution in [0.15, 0.2) is 34.3 Å². The van der Waals surface area contributed by atoms with E-state index >= 15 is 0 Å². The molecule has 4 amide bonds. The second kappa shape index (κ2) is 10.1. The van der Waals surface area contributed by atoms with Gasteiger partial charge in [0, 0.05) is 12.1 Å². The van der Waals surface area contributed by atoms with Crippen LogP contribution in [0, 0.1) is 0 Å². The highest BCUT2D eigenvalue weighted by atomic mass is 79.9. The number of ether oxygens (including phenoxy) is 4. The molecule has 3 rings (SSSR count). The predicted octanol–water partition coefficient (Wildman–Crippen LogP) is 4.19. The monoisotopic (exact) mass is 538 g/mol. The SMILES string of the molecule is CCOc1c(Br)cc(/C=C2\C(=O)NC(=O)N(c3cc(OC)c(Cl)cc3OC)C2=O)cc1OC. The lowest BCUT2D eigenvalue weighted by atomic mass is 10.1. The molecule has 1 heterocycles. The number of nitrogens with zero attached hydrogens (tertiary/aromatic N) is 1. The maximum atomic E-state index is 13.3. The molecule has 1 aliphatic heterocycles. The zero-order valence-electron chi connectivity index (χ0n) is 18.2. The summed E-state index contributed by atoms with van der Waals surface area (Å²) >= 11 is 9.54. The van der Waals surface area contributed by atoms with Gasteiger partial charge in [0.2, 0.25) is 0 Å². The Morgan fingerprint density at radius 1 is 1.00 bits per heavy atom. The van der Waals surface area contributed by atoms with Crippen LogP contribution in [0.3, 0.4) is 0 Å². The lowest BCUT2D eigenvalue weighted by Gasteiger charge is -2.28. The molecule has 1 N–H and O–H groups in total. The number of carbonyl (C=O) groups is 3. The zero-order chi connectivity index (χ0) is 24.3. The van der Waals surface area contributed by atoms with E-state index in [2.05, 4.69) is 21.2 Å². The van der Waals surface area contributed by atoms with Gasteiger partial charge in [0.05, 0.1) is 43.1 Å². The summed E-state index contributed by atoms with van der Waals surface area (Å²) < 4.78 is 22.0. The Kier molecular flexibility index (Phi) is 7.50. The number of hydrogen-bond acceptors (Lipinski definition) is 7. The number of benzene rings is 2. The second-order valence-corrected chi connectivity index (χ2v) is 7.85. The van der Waals surface area contributed by atoms with Crippen LogP contribution in [0.1, 0.15) is 12.5 Å². The van der Waals surface area contributed by atoms with Crippen LogP contribution in [0.25, 0.3) is 6.08 Å². The third-order valence-corrected chi connectivity index (χ3v) is 5.53. The molecule has 0 aliphatic carbocycles. The van der Waals surface area contributed by atoms with Gasteiger partial charge in [-0.2, -0.15) is 0 Å². The average molecular weight is 540 g/mol. The van der Waals surface area contributed by atoms with E-state index in [9.17, 15) is 14.4 Å². The Morgan fingerprint density at radius 3 is 2.27 bits per heavy atom. The number of carbonyl (C=O) groups excluding carboxylic acids is 3. The van der Waals surface area contributed by atoms with Crippen molar-refractivity contribution in [3.63, 3.8) is 0 Å². The highest BCUT2D eigenvalue weighted by Gasteiger charge is 2.38. The zero-order valence-corrected chi connectivity index (χ0v) is 20.5. The number of rotatable bonds is 7. The molecular formula is C22H20BrClN2O7. The van der Waals surface area contributed by atoms with Gasteiger partial charge in [-0.15, -0.1) is 0 Å². The number of methoxy groups -OCH3 is 3. The number of imide groups is 2. The van der Waals surface area contributed by atoms with Crippen molar-refractivity contribution in [3.05, 3.63) is 44.9 Å². The quantitative estimate of drug-likeness (QED) is 0.416. The standard InChI is InChI=1S/C22H20BrClN2O7/c1-5-33-19-13(23)7-11(8-18(19)32-4)6-12-20(27)25-22(29)26(21(12)28)15-10-16(30-2)14(24)9-17(15)31-3/h6-10H,5H2,1-4H3,(H,25,27,29)/b12-6+. The minimum atomic E-state index is -0.935. The summed E-state index contributed by atoms with van der Waals surface area (Å²) in [6.45, 7) is 2.25. The van der Waals surface area contributed by atoms with E-state index in [0.717, 1.165) is 4.90 Å². The van der Waals surface area contributed by atoms with Crippen LogP contribution in [0.4, 0.5) is 10.5 Å². The molecule has 2 aromatic carbocycles. The summed E-state index contributed by atoms with van der Waals surface area (Å²) in [5, 5.41) is 2.39. The summed E-state index contributed by atoms with van der Waals surface area (Å²) in [7, 11) is 4.22. The molecule has 0 bridgehead atoms. The molecule has 0 aromatic heterocycles. The summed E-state index contributed by atoms with van der Waals surface area (Å²) in [5.74, 6) is -0.449. The van der Waals surface area contributed by atoms with Gasteiger partial charge in [-0.1, -0.05) is 11.6 Å². The number of hydrogen-bond donors (Lipinski definition) is 1. The van der Waals surface area contributed by atoms with Crippen molar-refractivity contribution >= 4 is 57.1 Å².